The van der Waals surface area contributed by atoms with Crippen molar-refractivity contribution in [2.75, 3.05) is 0 Å². The first kappa shape index (κ1) is 15.2. The number of nitrogens with one attached hydrogen (secondary N) is 1. The number of carbonyl (C=O) groups excluding carboxylic acids is 1. The van der Waals surface area contributed by atoms with E-state index in [1.54, 1.807) is 11.3 Å². The van der Waals surface area contributed by atoms with E-state index in [0.717, 1.165) is 6.42 Å². The van der Waals surface area contributed by atoms with E-state index in [1.807, 2.05) is 11.4 Å². The maximum atomic E-state index is 12.1. The largest absolute Gasteiger partial charge is 0.347 e. The molecule has 0 radical (unpaired) electrons. The SMILES string of the molecule is CC(C)CC(N)C(=O)NC(c1cccs1)C(C)C. The molecule has 0 aliphatic rings. The molecule has 1 amide bonds. The fraction of sp³-hybridized carbons (Fsp3) is 0.643. The van der Waals surface area contributed by atoms with Crippen LogP contribution in [0.25, 0.3) is 0 Å². The van der Waals surface area contributed by atoms with E-state index in [1.165, 1.54) is 4.88 Å². The molecule has 4 heteroatoms. The molecule has 3 nitrogen and oxygen atoms in total. The van der Waals surface area contributed by atoms with Gasteiger partial charge in [0.05, 0.1) is 12.1 Å². The van der Waals surface area contributed by atoms with Crippen LogP contribution in [0.5, 0.6) is 0 Å². The third-order valence-corrected chi connectivity index (χ3v) is 3.83. The van der Waals surface area contributed by atoms with Gasteiger partial charge in [-0.2, -0.15) is 0 Å². The van der Waals surface area contributed by atoms with Crippen LogP contribution < -0.4 is 11.1 Å². The van der Waals surface area contributed by atoms with Gasteiger partial charge < -0.3 is 11.1 Å². The van der Waals surface area contributed by atoms with Gasteiger partial charge in [0.25, 0.3) is 0 Å². The Hall–Kier alpha value is -0.870. The first-order valence-corrected chi connectivity index (χ1v) is 7.39. The summed E-state index contributed by atoms with van der Waals surface area (Å²) >= 11 is 1.67. The lowest BCUT2D eigenvalue weighted by atomic mass is 10.00. The predicted octanol–water partition coefficient (Wildman–Crippen LogP) is 2.93. The van der Waals surface area contributed by atoms with Gasteiger partial charge in [0.1, 0.15) is 0 Å². The van der Waals surface area contributed by atoms with Crippen molar-refractivity contribution in [2.45, 2.75) is 46.2 Å². The van der Waals surface area contributed by atoms with Crippen LogP contribution in [-0.4, -0.2) is 11.9 Å². The summed E-state index contributed by atoms with van der Waals surface area (Å²) in [5.74, 6) is 0.750. The van der Waals surface area contributed by atoms with Gasteiger partial charge in [0, 0.05) is 4.88 Å². The van der Waals surface area contributed by atoms with E-state index in [4.69, 9.17) is 5.73 Å². The van der Waals surface area contributed by atoms with Crippen LogP contribution in [-0.2, 0) is 4.79 Å². The first-order chi connectivity index (χ1) is 8.41. The smallest absolute Gasteiger partial charge is 0.237 e. The highest BCUT2D eigenvalue weighted by atomic mass is 32.1. The monoisotopic (exact) mass is 268 g/mol. The second-order valence-corrected chi connectivity index (χ2v) is 6.46. The highest BCUT2D eigenvalue weighted by Crippen LogP contribution is 2.25. The highest BCUT2D eigenvalue weighted by molar-refractivity contribution is 7.10. The highest BCUT2D eigenvalue weighted by Gasteiger charge is 2.22. The van der Waals surface area contributed by atoms with Crippen LogP contribution in [0.3, 0.4) is 0 Å². The van der Waals surface area contributed by atoms with Gasteiger partial charge in [0.15, 0.2) is 0 Å². The number of hydrogen-bond donors (Lipinski definition) is 2. The lowest BCUT2D eigenvalue weighted by molar-refractivity contribution is -0.123. The summed E-state index contributed by atoms with van der Waals surface area (Å²) in [6.07, 6.45) is 0.723. The summed E-state index contributed by atoms with van der Waals surface area (Å²) < 4.78 is 0. The van der Waals surface area contributed by atoms with Gasteiger partial charge in [-0.3, -0.25) is 4.79 Å². The van der Waals surface area contributed by atoms with Crippen molar-refractivity contribution >= 4 is 17.2 Å². The zero-order chi connectivity index (χ0) is 13.7. The molecule has 0 aromatic carbocycles. The Morgan fingerprint density at radius 1 is 1.39 bits per heavy atom. The fourth-order valence-corrected chi connectivity index (χ4v) is 2.86. The molecule has 2 atom stereocenters. The van der Waals surface area contributed by atoms with Crippen molar-refractivity contribution in [1.29, 1.82) is 0 Å². The molecule has 0 bridgehead atoms. The normalized spacial score (nSPS) is 14.8. The minimum atomic E-state index is -0.411. The number of thiophene rings is 1. The van der Waals surface area contributed by atoms with Gasteiger partial charge in [0.2, 0.25) is 5.91 Å². The Labute approximate surface area is 114 Å². The summed E-state index contributed by atoms with van der Waals surface area (Å²) in [5.41, 5.74) is 5.91. The minimum absolute atomic E-state index is 0.0456. The van der Waals surface area contributed by atoms with Crippen LogP contribution >= 0.6 is 11.3 Å². The Kier molecular flexibility index (Phi) is 5.82. The average molecular weight is 268 g/mol. The van der Waals surface area contributed by atoms with E-state index in [-0.39, 0.29) is 11.9 Å². The third kappa shape index (κ3) is 4.42. The molecule has 3 N–H and O–H groups in total. The molecule has 1 heterocycles. The molecule has 2 unspecified atom stereocenters. The zero-order valence-corrected chi connectivity index (χ0v) is 12.5. The molecule has 102 valence electrons. The summed E-state index contributed by atoms with van der Waals surface area (Å²) in [4.78, 5) is 13.2. The molecule has 0 saturated heterocycles. The van der Waals surface area contributed by atoms with Gasteiger partial charge >= 0.3 is 0 Å². The number of hydrogen-bond acceptors (Lipinski definition) is 3. The molecule has 1 aromatic heterocycles. The Bertz CT molecular complexity index is 360. The zero-order valence-electron chi connectivity index (χ0n) is 11.6. The maximum absolute atomic E-state index is 12.1. The average Bonchev–Trinajstić information content (AvgIpc) is 2.77. The molecule has 0 aliphatic heterocycles. The summed E-state index contributed by atoms with van der Waals surface area (Å²) in [7, 11) is 0. The van der Waals surface area contributed by atoms with Crippen molar-refractivity contribution in [3.63, 3.8) is 0 Å². The number of carbonyl (C=O) groups is 1. The van der Waals surface area contributed by atoms with Crippen molar-refractivity contribution in [1.82, 2.24) is 5.32 Å². The quantitative estimate of drug-likeness (QED) is 0.833. The molecule has 18 heavy (non-hydrogen) atoms. The van der Waals surface area contributed by atoms with Crippen LogP contribution in [0.1, 0.15) is 45.0 Å². The van der Waals surface area contributed by atoms with E-state index in [0.29, 0.717) is 11.8 Å². The van der Waals surface area contributed by atoms with Crippen LogP contribution in [0.4, 0.5) is 0 Å². The van der Waals surface area contributed by atoms with Crippen molar-refractivity contribution in [2.24, 2.45) is 17.6 Å². The second-order valence-electron chi connectivity index (χ2n) is 5.48. The topological polar surface area (TPSA) is 55.1 Å². The maximum Gasteiger partial charge on any atom is 0.237 e. The summed E-state index contributed by atoms with van der Waals surface area (Å²) in [6, 6.07) is 3.72. The summed E-state index contributed by atoms with van der Waals surface area (Å²) in [5, 5.41) is 5.10. The molecule has 1 aromatic rings. The fourth-order valence-electron chi connectivity index (χ4n) is 1.91. The van der Waals surface area contributed by atoms with Crippen molar-refractivity contribution in [3.05, 3.63) is 22.4 Å². The molecule has 0 spiro atoms. The van der Waals surface area contributed by atoms with E-state index in [9.17, 15) is 4.79 Å². The van der Waals surface area contributed by atoms with Crippen LogP contribution in [0.2, 0.25) is 0 Å². The molecular weight excluding hydrogens is 244 g/mol. The Morgan fingerprint density at radius 2 is 2.06 bits per heavy atom. The summed E-state index contributed by atoms with van der Waals surface area (Å²) in [6.45, 7) is 8.37. The van der Waals surface area contributed by atoms with Crippen LogP contribution in [0.15, 0.2) is 17.5 Å². The van der Waals surface area contributed by atoms with E-state index in [2.05, 4.69) is 39.1 Å². The minimum Gasteiger partial charge on any atom is -0.347 e. The van der Waals surface area contributed by atoms with Gasteiger partial charge in [-0.15, -0.1) is 11.3 Å². The molecule has 0 saturated carbocycles. The number of amides is 1. The second kappa shape index (κ2) is 6.90. The molecule has 1 rings (SSSR count). The standard InChI is InChI=1S/C14H24N2OS/c1-9(2)8-11(15)14(17)16-13(10(3)4)12-6-5-7-18-12/h5-7,9-11,13H,8,15H2,1-4H3,(H,16,17). The van der Waals surface area contributed by atoms with Crippen molar-refractivity contribution in [3.8, 4) is 0 Å². The van der Waals surface area contributed by atoms with Crippen molar-refractivity contribution < 1.29 is 4.79 Å². The first-order valence-electron chi connectivity index (χ1n) is 6.51. The number of nitrogens with two attached hydrogens (primary N) is 1. The lowest BCUT2D eigenvalue weighted by Crippen LogP contribution is -2.43. The van der Waals surface area contributed by atoms with Gasteiger partial charge in [-0.1, -0.05) is 33.8 Å². The lowest BCUT2D eigenvalue weighted by Gasteiger charge is -2.23. The predicted molar refractivity (Wildman–Crippen MR) is 77.5 cm³/mol. The van der Waals surface area contributed by atoms with Gasteiger partial charge in [-0.05, 0) is 29.7 Å². The Balaban J connectivity index is 2.65. The molecule has 0 fully saturated rings. The van der Waals surface area contributed by atoms with E-state index < -0.39 is 6.04 Å². The molecular formula is C14H24N2OS. The Morgan fingerprint density at radius 3 is 2.50 bits per heavy atom. The third-order valence-electron chi connectivity index (χ3n) is 2.88. The van der Waals surface area contributed by atoms with Gasteiger partial charge in [-0.25, -0.2) is 0 Å². The number of rotatable bonds is 6. The van der Waals surface area contributed by atoms with Crippen LogP contribution in [0, 0.1) is 11.8 Å². The molecule has 0 aliphatic carbocycles. The van der Waals surface area contributed by atoms with E-state index >= 15 is 0 Å².